The minimum atomic E-state index is -0.307. The van der Waals surface area contributed by atoms with Gasteiger partial charge >= 0.3 is 0 Å². The van der Waals surface area contributed by atoms with Crippen LogP contribution in [-0.4, -0.2) is 17.3 Å². The van der Waals surface area contributed by atoms with E-state index in [0.717, 1.165) is 5.75 Å². The molecule has 2 heteroatoms. The molecule has 0 heterocycles. The average Bonchev–Trinajstić information content (AvgIpc) is 2.04. The van der Waals surface area contributed by atoms with E-state index in [0.29, 0.717) is 6.42 Å². The van der Waals surface area contributed by atoms with Gasteiger partial charge in [0.05, 0.1) is 12.2 Å². The zero-order valence-electron chi connectivity index (χ0n) is 8.10. The van der Waals surface area contributed by atoms with E-state index in [1.54, 1.807) is 6.92 Å². The monoisotopic (exact) mass is 180 g/mol. The predicted octanol–water partition coefficient (Wildman–Crippen LogP) is 2.22. The summed E-state index contributed by atoms with van der Waals surface area (Å²) >= 11 is 0. The molecule has 1 rings (SSSR count). The molecule has 1 N–H and O–H groups in total. The Morgan fingerprint density at radius 2 is 1.85 bits per heavy atom. The number of hydrogen-bond donors (Lipinski definition) is 1. The van der Waals surface area contributed by atoms with Gasteiger partial charge < -0.3 is 9.84 Å². The Hall–Kier alpha value is -1.02. The largest absolute Gasteiger partial charge is 0.491 e. The molecule has 2 nitrogen and oxygen atoms in total. The van der Waals surface area contributed by atoms with Crippen LogP contribution in [0.3, 0.4) is 0 Å². The molecule has 13 heavy (non-hydrogen) atoms. The van der Waals surface area contributed by atoms with Gasteiger partial charge in [-0.05, 0) is 26.0 Å². The number of benzene rings is 1. The van der Waals surface area contributed by atoms with Crippen molar-refractivity contribution >= 4 is 0 Å². The van der Waals surface area contributed by atoms with Gasteiger partial charge in [-0.15, -0.1) is 0 Å². The maximum absolute atomic E-state index is 9.12. The number of ether oxygens (including phenoxy) is 1. The summed E-state index contributed by atoms with van der Waals surface area (Å²) in [5.41, 5.74) is 0. The molecule has 0 saturated heterocycles. The molecule has 72 valence electrons. The normalized spacial score (nSPS) is 15.0. The van der Waals surface area contributed by atoms with E-state index in [2.05, 4.69) is 0 Å². The van der Waals surface area contributed by atoms with E-state index in [1.165, 1.54) is 0 Å². The molecule has 0 amide bonds. The van der Waals surface area contributed by atoms with Gasteiger partial charge in [0.2, 0.25) is 0 Å². The Labute approximate surface area is 79.2 Å². The molecule has 0 aliphatic rings. The molecule has 2 atom stereocenters. The molecule has 0 bridgehead atoms. The van der Waals surface area contributed by atoms with Crippen molar-refractivity contribution in [3.05, 3.63) is 30.3 Å². The van der Waals surface area contributed by atoms with E-state index in [1.807, 2.05) is 37.3 Å². The minimum absolute atomic E-state index is 0.0578. The molecule has 1 aromatic rings. The van der Waals surface area contributed by atoms with Crippen LogP contribution in [0.1, 0.15) is 20.3 Å². The number of para-hydroxylation sites is 1. The standard InChI is InChI=1S/C11H16O2/c1-9(12)8-10(2)13-11-6-4-3-5-7-11/h3-7,9-10,12H,8H2,1-2H3/t9-,10+/m1/s1. The zero-order valence-corrected chi connectivity index (χ0v) is 8.10. The fourth-order valence-corrected chi connectivity index (χ4v) is 1.26. The Kier molecular flexibility index (Phi) is 3.77. The highest BCUT2D eigenvalue weighted by atomic mass is 16.5. The molecule has 0 radical (unpaired) electrons. The van der Waals surface area contributed by atoms with Crippen molar-refractivity contribution < 1.29 is 9.84 Å². The van der Waals surface area contributed by atoms with Crippen LogP contribution in [0.4, 0.5) is 0 Å². The van der Waals surface area contributed by atoms with Crippen LogP contribution in [0.15, 0.2) is 30.3 Å². The Balaban J connectivity index is 2.41. The fourth-order valence-electron chi connectivity index (χ4n) is 1.26. The van der Waals surface area contributed by atoms with Crippen molar-refractivity contribution in [2.45, 2.75) is 32.5 Å². The van der Waals surface area contributed by atoms with E-state index in [-0.39, 0.29) is 12.2 Å². The number of hydrogen-bond acceptors (Lipinski definition) is 2. The first-order chi connectivity index (χ1) is 6.18. The molecular weight excluding hydrogens is 164 g/mol. The molecule has 0 fully saturated rings. The second kappa shape index (κ2) is 4.87. The third-order valence-electron chi connectivity index (χ3n) is 1.75. The Morgan fingerprint density at radius 1 is 1.23 bits per heavy atom. The maximum Gasteiger partial charge on any atom is 0.119 e. The zero-order chi connectivity index (χ0) is 9.68. The summed E-state index contributed by atoms with van der Waals surface area (Å²) in [6.45, 7) is 3.73. The van der Waals surface area contributed by atoms with Gasteiger partial charge in [0.1, 0.15) is 5.75 Å². The van der Waals surface area contributed by atoms with Gasteiger partial charge in [-0.2, -0.15) is 0 Å². The first-order valence-corrected chi connectivity index (χ1v) is 4.58. The molecule has 0 aliphatic carbocycles. The third kappa shape index (κ3) is 3.95. The molecule has 0 saturated carbocycles. The van der Waals surface area contributed by atoms with Gasteiger partial charge in [0.25, 0.3) is 0 Å². The highest BCUT2D eigenvalue weighted by Gasteiger charge is 2.06. The number of aliphatic hydroxyl groups excluding tert-OH is 1. The number of aliphatic hydroxyl groups is 1. The van der Waals surface area contributed by atoms with Crippen LogP contribution < -0.4 is 4.74 Å². The number of rotatable bonds is 4. The summed E-state index contributed by atoms with van der Waals surface area (Å²) in [5, 5.41) is 9.12. The van der Waals surface area contributed by atoms with Crippen LogP contribution in [0.2, 0.25) is 0 Å². The summed E-state index contributed by atoms with van der Waals surface area (Å²) in [7, 11) is 0. The molecule has 0 aromatic heterocycles. The molecule has 0 unspecified atom stereocenters. The Bertz CT molecular complexity index is 231. The molecule has 1 aromatic carbocycles. The lowest BCUT2D eigenvalue weighted by Crippen LogP contribution is -2.18. The van der Waals surface area contributed by atoms with Crippen LogP contribution in [0, 0.1) is 0 Å². The van der Waals surface area contributed by atoms with E-state index in [9.17, 15) is 0 Å². The molecular formula is C11H16O2. The molecule has 0 spiro atoms. The van der Waals surface area contributed by atoms with Crippen LogP contribution >= 0.6 is 0 Å². The summed E-state index contributed by atoms with van der Waals surface area (Å²) in [6, 6.07) is 9.65. The summed E-state index contributed by atoms with van der Waals surface area (Å²) < 4.78 is 5.57. The van der Waals surface area contributed by atoms with Crippen molar-refractivity contribution in [1.29, 1.82) is 0 Å². The van der Waals surface area contributed by atoms with E-state index >= 15 is 0 Å². The highest BCUT2D eigenvalue weighted by molar-refractivity contribution is 5.21. The topological polar surface area (TPSA) is 29.5 Å². The van der Waals surface area contributed by atoms with Crippen molar-refractivity contribution in [1.82, 2.24) is 0 Å². The lowest BCUT2D eigenvalue weighted by atomic mass is 10.2. The van der Waals surface area contributed by atoms with E-state index in [4.69, 9.17) is 9.84 Å². The quantitative estimate of drug-likeness (QED) is 0.769. The predicted molar refractivity (Wildman–Crippen MR) is 52.8 cm³/mol. The van der Waals surface area contributed by atoms with Gasteiger partial charge in [0, 0.05) is 6.42 Å². The second-order valence-electron chi connectivity index (χ2n) is 3.33. The SMILES string of the molecule is C[C@@H](O)C[C@H](C)Oc1ccccc1. The second-order valence-corrected chi connectivity index (χ2v) is 3.33. The van der Waals surface area contributed by atoms with Gasteiger partial charge in [0.15, 0.2) is 0 Å². The van der Waals surface area contributed by atoms with Crippen LogP contribution in [-0.2, 0) is 0 Å². The van der Waals surface area contributed by atoms with Crippen molar-refractivity contribution in [2.24, 2.45) is 0 Å². The smallest absolute Gasteiger partial charge is 0.119 e. The van der Waals surface area contributed by atoms with E-state index < -0.39 is 0 Å². The first kappa shape index (κ1) is 10.1. The van der Waals surface area contributed by atoms with Crippen molar-refractivity contribution in [2.75, 3.05) is 0 Å². The summed E-state index contributed by atoms with van der Waals surface area (Å²) in [4.78, 5) is 0. The van der Waals surface area contributed by atoms with Crippen molar-refractivity contribution in [3.8, 4) is 5.75 Å². The van der Waals surface area contributed by atoms with Crippen LogP contribution in [0.25, 0.3) is 0 Å². The highest BCUT2D eigenvalue weighted by Crippen LogP contribution is 2.12. The van der Waals surface area contributed by atoms with Gasteiger partial charge in [-0.3, -0.25) is 0 Å². The lowest BCUT2D eigenvalue weighted by molar-refractivity contribution is 0.115. The molecule has 0 aliphatic heterocycles. The van der Waals surface area contributed by atoms with Crippen molar-refractivity contribution in [3.63, 3.8) is 0 Å². The summed E-state index contributed by atoms with van der Waals surface area (Å²) in [5.74, 6) is 0.857. The van der Waals surface area contributed by atoms with Crippen LogP contribution in [0.5, 0.6) is 5.75 Å². The maximum atomic E-state index is 9.12. The minimum Gasteiger partial charge on any atom is -0.491 e. The fraction of sp³-hybridized carbons (Fsp3) is 0.455. The lowest BCUT2D eigenvalue weighted by Gasteiger charge is -2.15. The Morgan fingerprint density at radius 3 is 2.38 bits per heavy atom. The van der Waals surface area contributed by atoms with Gasteiger partial charge in [-0.25, -0.2) is 0 Å². The summed E-state index contributed by atoms with van der Waals surface area (Å²) in [6.07, 6.45) is 0.413. The third-order valence-corrected chi connectivity index (χ3v) is 1.75. The average molecular weight is 180 g/mol. The first-order valence-electron chi connectivity index (χ1n) is 4.58. The van der Waals surface area contributed by atoms with Gasteiger partial charge in [-0.1, -0.05) is 18.2 Å².